The smallest absolute Gasteiger partial charge is 0.401 e. The van der Waals surface area contributed by atoms with Gasteiger partial charge in [-0.2, -0.15) is 13.2 Å². The first-order valence-corrected chi connectivity index (χ1v) is 7.89. The molecule has 0 saturated carbocycles. The summed E-state index contributed by atoms with van der Waals surface area (Å²) in [7, 11) is 0. The SMILES string of the molecule is O=C(c1cc(Cl)c2c(c1)OCCO2)N1CCN(CC(F)(F)F)CC1. The Hall–Kier alpha value is -1.67. The summed E-state index contributed by atoms with van der Waals surface area (Å²) in [6, 6.07) is 3.06. The quantitative estimate of drug-likeness (QED) is 0.808. The Kier molecular flexibility index (Phi) is 4.78. The summed E-state index contributed by atoms with van der Waals surface area (Å²) in [6.45, 7) is 0.651. The average molecular weight is 365 g/mol. The molecule has 2 aliphatic rings. The number of halogens is 4. The number of rotatable bonds is 2. The minimum Gasteiger partial charge on any atom is -0.486 e. The van der Waals surface area contributed by atoms with Crippen LogP contribution in [0.4, 0.5) is 13.2 Å². The van der Waals surface area contributed by atoms with Gasteiger partial charge in [-0.25, -0.2) is 0 Å². The molecule has 5 nitrogen and oxygen atoms in total. The van der Waals surface area contributed by atoms with Crippen LogP contribution < -0.4 is 9.47 Å². The maximum Gasteiger partial charge on any atom is 0.401 e. The Bertz CT molecular complexity index is 631. The van der Waals surface area contributed by atoms with Gasteiger partial charge in [-0.3, -0.25) is 9.69 Å². The van der Waals surface area contributed by atoms with E-state index in [1.165, 1.54) is 15.9 Å². The highest BCUT2D eigenvalue weighted by molar-refractivity contribution is 6.32. The van der Waals surface area contributed by atoms with E-state index < -0.39 is 12.7 Å². The molecule has 0 spiro atoms. The van der Waals surface area contributed by atoms with Crippen molar-refractivity contribution in [2.45, 2.75) is 6.18 Å². The fraction of sp³-hybridized carbons (Fsp3) is 0.533. The first-order valence-electron chi connectivity index (χ1n) is 7.51. The molecule has 0 atom stereocenters. The van der Waals surface area contributed by atoms with Crippen LogP contribution in [0.1, 0.15) is 10.4 Å². The predicted octanol–water partition coefficient (Wildman–Crippen LogP) is 2.43. The predicted molar refractivity (Wildman–Crippen MR) is 80.8 cm³/mol. The molecule has 2 heterocycles. The Balaban J connectivity index is 1.67. The van der Waals surface area contributed by atoms with Crippen molar-refractivity contribution >= 4 is 17.5 Å². The zero-order chi connectivity index (χ0) is 17.3. The van der Waals surface area contributed by atoms with E-state index in [4.69, 9.17) is 21.1 Å². The largest absolute Gasteiger partial charge is 0.486 e. The van der Waals surface area contributed by atoms with Crippen LogP contribution >= 0.6 is 11.6 Å². The Morgan fingerprint density at radius 2 is 1.79 bits per heavy atom. The number of nitrogens with zero attached hydrogens (tertiary/aromatic N) is 2. The van der Waals surface area contributed by atoms with Crippen molar-refractivity contribution in [2.75, 3.05) is 45.9 Å². The lowest BCUT2D eigenvalue weighted by molar-refractivity contribution is -0.148. The molecule has 1 amide bonds. The molecule has 0 radical (unpaired) electrons. The molecule has 0 aliphatic carbocycles. The van der Waals surface area contributed by atoms with E-state index in [2.05, 4.69) is 0 Å². The van der Waals surface area contributed by atoms with Crippen LogP contribution in [0.3, 0.4) is 0 Å². The molecule has 132 valence electrons. The molecule has 1 fully saturated rings. The zero-order valence-corrected chi connectivity index (χ0v) is 13.5. The zero-order valence-electron chi connectivity index (χ0n) is 12.7. The molecule has 2 aliphatic heterocycles. The highest BCUT2D eigenvalue weighted by Crippen LogP contribution is 2.38. The number of fused-ring (bicyclic) bond motifs is 1. The van der Waals surface area contributed by atoms with Gasteiger partial charge in [-0.15, -0.1) is 0 Å². The Morgan fingerprint density at radius 1 is 1.12 bits per heavy atom. The van der Waals surface area contributed by atoms with Crippen molar-refractivity contribution in [3.8, 4) is 11.5 Å². The fourth-order valence-corrected chi connectivity index (χ4v) is 3.04. The van der Waals surface area contributed by atoms with Crippen LogP contribution in [0, 0.1) is 0 Å². The van der Waals surface area contributed by atoms with E-state index in [1.807, 2.05) is 0 Å². The molecule has 1 saturated heterocycles. The summed E-state index contributed by atoms with van der Waals surface area (Å²) in [4.78, 5) is 15.4. The van der Waals surface area contributed by atoms with E-state index in [1.54, 1.807) is 6.07 Å². The van der Waals surface area contributed by atoms with E-state index >= 15 is 0 Å². The number of piperazine rings is 1. The lowest BCUT2D eigenvalue weighted by atomic mass is 10.1. The maximum absolute atomic E-state index is 12.6. The van der Waals surface area contributed by atoms with Crippen LogP contribution in [0.15, 0.2) is 12.1 Å². The van der Waals surface area contributed by atoms with Crippen molar-refractivity contribution in [2.24, 2.45) is 0 Å². The third-order valence-corrected chi connectivity index (χ3v) is 4.19. The minimum absolute atomic E-state index is 0.184. The van der Waals surface area contributed by atoms with Gasteiger partial charge in [-0.05, 0) is 12.1 Å². The third kappa shape index (κ3) is 3.87. The van der Waals surface area contributed by atoms with Crippen LogP contribution in [-0.2, 0) is 0 Å². The number of hydrogen-bond acceptors (Lipinski definition) is 4. The Labute approximate surface area is 141 Å². The van der Waals surface area contributed by atoms with Gasteiger partial charge in [0.2, 0.25) is 0 Å². The van der Waals surface area contributed by atoms with E-state index in [9.17, 15) is 18.0 Å². The van der Waals surface area contributed by atoms with Crippen LogP contribution in [0.5, 0.6) is 11.5 Å². The summed E-state index contributed by atoms with van der Waals surface area (Å²) in [5, 5.41) is 0.284. The van der Waals surface area contributed by atoms with Gasteiger partial charge in [0.1, 0.15) is 13.2 Å². The summed E-state index contributed by atoms with van der Waals surface area (Å²) >= 11 is 6.12. The summed E-state index contributed by atoms with van der Waals surface area (Å²) in [5.41, 5.74) is 0.341. The van der Waals surface area contributed by atoms with Crippen LogP contribution in [0.25, 0.3) is 0 Å². The van der Waals surface area contributed by atoms with E-state index in [0.29, 0.717) is 30.3 Å². The minimum atomic E-state index is -4.23. The molecule has 24 heavy (non-hydrogen) atoms. The molecule has 0 unspecified atom stereocenters. The van der Waals surface area contributed by atoms with Crippen molar-refractivity contribution in [3.63, 3.8) is 0 Å². The monoisotopic (exact) mass is 364 g/mol. The van der Waals surface area contributed by atoms with Gasteiger partial charge in [-0.1, -0.05) is 11.6 Å². The standard InChI is InChI=1S/C15H16ClF3N2O3/c16-11-7-10(8-12-13(11)24-6-5-23-12)14(22)21-3-1-20(2-4-21)9-15(17,18)19/h7-8H,1-6,9H2. The van der Waals surface area contributed by atoms with Crippen molar-refractivity contribution < 1.29 is 27.4 Å². The second-order valence-electron chi connectivity index (χ2n) is 5.67. The maximum atomic E-state index is 12.6. The number of benzene rings is 1. The van der Waals surface area contributed by atoms with E-state index in [-0.39, 0.29) is 37.1 Å². The first kappa shape index (κ1) is 17.2. The molecular weight excluding hydrogens is 349 g/mol. The number of amides is 1. The third-order valence-electron chi connectivity index (χ3n) is 3.91. The van der Waals surface area contributed by atoms with Crippen LogP contribution in [-0.4, -0.2) is 67.8 Å². The normalized spacial score (nSPS) is 18.6. The lowest BCUT2D eigenvalue weighted by Crippen LogP contribution is -2.50. The second kappa shape index (κ2) is 6.68. The molecule has 0 bridgehead atoms. The molecule has 1 aromatic rings. The number of ether oxygens (including phenoxy) is 2. The molecular formula is C15H16ClF3N2O3. The molecule has 9 heteroatoms. The molecule has 3 rings (SSSR count). The van der Waals surface area contributed by atoms with Gasteiger partial charge < -0.3 is 14.4 Å². The Morgan fingerprint density at radius 3 is 2.46 bits per heavy atom. The van der Waals surface area contributed by atoms with Gasteiger partial charge in [0, 0.05) is 31.7 Å². The van der Waals surface area contributed by atoms with Crippen LogP contribution in [0.2, 0.25) is 5.02 Å². The highest BCUT2D eigenvalue weighted by atomic mass is 35.5. The van der Waals surface area contributed by atoms with Gasteiger partial charge in [0.15, 0.2) is 11.5 Å². The fourth-order valence-electron chi connectivity index (χ4n) is 2.78. The first-order chi connectivity index (χ1) is 11.3. The van der Waals surface area contributed by atoms with Gasteiger partial charge >= 0.3 is 6.18 Å². The number of carbonyl (C=O) groups excluding carboxylic acids is 1. The second-order valence-corrected chi connectivity index (χ2v) is 6.07. The lowest BCUT2D eigenvalue weighted by Gasteiger charge is -2.35. The van der Waals surface area contributed by atoms with E-state index in [0.717, 1.165) is 0 Å². The molecule has 0 aromatic heterocycles. The molecule has 1 aromatic carbocycles. The topological polar surface area (TPSA) is 42.0 Å². The average Bonchev–Trinajstić information content (AvgIpc) is 2.53. The number of alkyl halides is 3. The van der Waals surface area contributed by atoms with Crippen molar-refractivity contribution in [1.29, 1.82) is 0 Å². The number of hydrogen-bond donors (Lipinski definition) is 0. The van der Waals surface area contributed by atoms with Gasteiger partial charge in [0.05, 0.1) is 11.6 Å². The summed E-state index contributed by atoms with van der Waals surface area (Å²) < 4.78 is 48.0. The number of carbonyl (C=O) groups is 1. The highest BCUT2D eigenvalue weighted by Gasteiger charge is 2.33. The van der Waals surface area contributed by atoms with Crippen molar-refractivity contribution in [1.82, 2.24) is 9.80 Å². The summed E-state index contributed by atoms with van der Waals surface area (Å²) in [6.07, 6.45) is -4.23. The molecule has 0 N–H and O–H groups in total. The van der Waals surface area contributed by atoms with Gasteiger partial charge in [0.25, 0.3) is 5.91 Å². The van der Waals surface area contributed by atoms with Crippen molar-refractivity contribution in [3.05, 3.63) is 22.7 Å². The summed E-state index contributed by atoms with van der Waals surface area (Å²) in [5.74, 6) is 0.544.